The predicted octanol–water partition coefficient (Wildman–Crippen LogP) is 3.32. The van der Waals surface area contributed by atoms with E-state index in [2.05, 4.69) is 15.6 Å². The fourth-order valence-electron chi connectivity index (χ4n) is 2.18. The number of carbonyl (C=O) groups is 2. The molecule has 2 amide bonds. The lowest BCUT2D eigenvalue weighted by Gasteiger charge is -2.10. The molecule has 0 radical (unpaired) electrons. The zero-order valence-electron chi connectivity index (χ0n) is 14.6. The molecular weight excluding hydrogens is 375 g/mol. The highest BCUT2D eigenvalue weighted by atomic mass is 35.5. The Labute approximate surface area is 162 Å². The number of amides is 2. The second-order valence-electron chi connectivity index (χ2n) is 5.95. The smallest absolute Gasteiger partial charge is 0.257 e. The van der Waals surface area contributed by atoms with E-state index in [0.29, 0.717) is 27.8 Å². The summed E-state index contributed by atoms with van der Waals surface area (Å²) in [5.41, 5.74) is 0.962. The summed E-state index contributed by atoms with van der Waals surface area (Å²) in [7, 11) is 3.94. The number of benzene rings is 1. The van der Waals surface area contributed by atoms with Gasteiger partial charge >= 0.3 is 0 Å². The molecule has 2 rings (SSSR count). The molecule has 0 fully saturated rings. The number of nitrogens with one attached hydrogen (secondary N) is 2. The molecule has 26 heavy (non-hydrogen) atoms. The Morgan fingerprint density at radius 1 is 1.08 bits per heavy atom. The lowest BCUT2D eigenvalue weighted by Crippen LogP contribution is -2.27. The quantitative estimate of drug-likeness (QED) is 0.706. The van der Waals surface area contributed by atoms with E-state index in [9.17, 15) is 9.59 Å². The SMILES string of the molecule is CN(C)CCCNC(=O)c1cncc(C(=O)Nc2cc(Cl)ccc2Cl)c1. The summed E-state index contributed by atoms with van der Waals surface area (Å²) in [6.07, 6.45) is 3.64. The van der Waals surface area contributed by atoms with Crippen LogP contribution in [0.3, 0.4) is 0 Å². The highest BCUT2D eigenvalue weighted by Crippen LogP contribution is 2.25. The van der Waals surface area contributed by atoms with Gasteiger partial charge in [-0.2, -0.15) is 0 Å². The molecule has 2 aromatic rings. The highest BCUT2D eigenvalue weighted by molar-refractivity contribution is 6.35. The van der Waals surface area contributed by atoms with Crippen LogP contribution >= 0.6 is 23.2 Å². The van der Waals surface area contributed by atoms with Gasteiger partial charge in [-0.05, 0) is 51.3 Å². The van der Waals surface area contributed by atoms with Crippen LogP contribution in [0, 0.1) is 0 Å². The van der Waals surface area contributed by atoms with Crippen LogP contribution in [0.5, 0.6) is 0 Å². The first-order chi connectivity index (χ1) is 12.4. The van der Waals surface area contributed by atoms with Gasteiger partial charge in [-0.15, -0.1) is 0 Å². The second-order valence-corrected chi connectivity index (χ2v) is 6.80. The average Bonchev–Trinajstić information content (AvgIpc) is 2.61. The lowest BCUT2D eigenvalue weighted by atomic mass is 10.1. The highest BCUT2D eigenvalue weighted by Gasteiger charge is 2.13. The Morgan fingerprint density at radius 2 is 1.77 bits per heavy atom. The molecule has 138 valence electrons. The Morgan fingerprint density at radius 3 is 2.46 bits per heavy atom. The van der Waals surface area contributed by atoms with Gasteiger partial charge in [0.1, 0.15) is 0 Å². The van der Waals surface area contributed by atoms with Gasteiger partial charge in [0.25, 0.3) is 11.8 Å². The molecule has 0 aliphatic heterocycles. The van der Waals surface area contributed by atoms with Crippen LogP contribution in [0.25, 0.3) is 0 Å². The van der Waals surface area contributed by atoms with Crippen molar-refractivity contribution in [2.24, 2.45) is 0 Å². The summed E-state index contributed by atoms with van der Waals surface area (Å²) in [5.74, 6) is -0.699. The maximum atomic E-state index is 12.4. The van der Waals surface area contributed by atoms with E-state index in [1.54, 1.807) is 18.2 Å². The van der Waals surface area contributed by atoms with Crippen LogP contribution < -0.4 is 10.6 Å². The number of anilines is 1. The van der Waals surface area contributed by atoms with Gasteiger partial charge in [0.05, 0.1) is 21.8 Å². The van der Waals surface area contributed by atoms with Gasteiger partial charge in [0.2, 0.25) is 0 Å². The van der Waals surface area contributed by atoms with Gasteiger partial charge in [0, 0.05) is 24.0 Å². The molecule has 8 heteroatoms. The molecule has 6 nitrogen and oxygen atoms in total. The molecule has 0 spiro atoms. The molecule has 0 aliphatic rings. The topological polar surface area (TPSA) is 74.3 Å². The molecule has 0 saturated carbocycles. The van der Waals surface area contributed by atoms with Crippen molar-refractivity contribution in [3.05, 3.63) is 57.8 Å². The molecule has 0 bridgehead atoms. The first-order valence-electron chi connectivity index (χ1n) is 8.01. The summed E-state index contributed by atoms with van der Waals surface area (Å²) in [6, 6.07) is 6.26. The van der Waals surface area contributed by atoms with Crippen LogP contribution in [0.2, 0.25) is 10.0 Å². The molecule has 1 aromatic carbocycles. The van der Waals surface area contributed by atoms with Crippen molar-refractivity contribution in [2.75, 3.05) is 32.5 Å². The van der Waals surface area contributed by atoms with Crippen molar-refractivity contribution < 1.29 is 9.59 Å². The molecular formula is C18H20Cl2N4O2. The Balaban J connectivity index is 2.02. The van der Waals surface area contributed by atoms with Crippen LogP contribution in [0.15, 0.2) is 36.7 Å². The molecule has 0 aliphatic carbocycles. The van der Waals surface area contributed by atoms with Crippen molar-refractivity contribution >= 4 is 40.7 Å². The maximum absolute atomic E-state index is 12.4. The minimum atomic E-state index is -0.427. The van der Waals surface area contributed by atoms with Crippen LogP contribution in [-0.2, 0) is 0 Å². The van der Waals surface area contributed by atoms with E-state index in [-0.39, 0.29) is 11.5 Å². The normalized spacial score (nSPS) is 10.7. The molecule has 2 N–H and O–H groups in total. The van der Waals surface area contributed by atoms with E-state index in [0.717, 1.165) is 13.0 Å². The van der Waals surface area contributed by atoms with Gasteiger partial charge in [-0.1, -0.05) is 23.2 Å². The second kappa shape index (κ2) is 9.52. The minimum absolute atomic E-state index is 0.252. The molecule has 1 heterocycles. The van der Waals surface area contributed by atoms with Crippen molar-refractivity contribution in [1.29, 1.82) is 0 Å². The molecule has 0 unspecified atom stereocenters. The van der Waals surface area contributed by atoms with Gasteiger partial charge < -0.3 is 15.5 Å². The van der Waals surface area contributed by atoms with E-state index in [4.69, 9.17) is 23.2 Å². The van der Waals surface area contributed by atoms with Crippen molar-refractivity contribution in [1.82, 2.24) is 15.2 Å². The Kier molecular flexibility index (Phi) is 7.38. The predicted molar refractivity (Wildman–Crippen MR) is 104 cm³/mol. The number of nitrogens with zero attached hydrogens (tertiary/aromatic N) is 2. The minimum Gasteiger partial charge on any atom is -0.352 e. The summed E-state index contributed by atoms with van der Waals surface area (Å²) < 4.78 is 0. The van der Waals surface area contributed by atoms with E-state index >= 15 is 0 Å². The third kappa shape index (κ3) is 5.98. The Bertz CT molecular complexity index is 797. The zero-order valence-corrected chi connectivity index (χ0v) is 16.1. The standard InChI is InChI=1S/C18H20Cl2N4O2/c1-24(2)7-3-6-22-17(25)12-8-13(11-21-10-12)18(26)23-16-9-14(19)4-5-15(16)20/h4-5,8-11H,3,6-7H2,1-2H3,(H,22,25)(H,23,26). The lowest BCUT2D eigenvalue weighted by molar-refractivity contribution is 0.0952. The number of carbonyl (C=O) groups excluding carboxylic acids is 2. The Hall–Kier alpha value is -2.15. The first kappa shape index (κ1) is 20.2. The summed E-state index contributed by atoms with van der Waals surface area (Å²) in [5, 5.41) is 6.30. The van der Waals surface area contributed by atoms with Crippen molar-refractivity contribution in [3.8, 4) is 0 Å². The number of pyridine rings is 1. The van der Waals surface area contributed by atoms with Crippen molar-refractivity contribution in [3.63, 3.8) is 0 Å². The summed E-state index contributed by atoms with van der Waals surface area (Å²) >= 11 is 12.0. The van der Waals surface area contributed by atoms with Gasteiger partial charge in [-0.25, -0.2) is 0 Å². The third-order valence-corrected chi connectivity index (χ3v) is 4.07. The first-order valence-corrected chi connectivity index (χ1v) is 8.77. The zero-order chi connectivity index (χ0) is 19.1. The maximum Gasteiger partial charge on any atom is 0.257 e. The number of rotatable bonds is 7. The summed E-state index contributed by atoms with van der Waals surface area (Å²) in [4.78, 5) is 30.6. The van der Waals surface area contributed by atoms with Gasteiger partial charge in [0.15, 0.2) is 0 Å². The fraction of sp³-hybridized carbons (Fsp3) is 0.278. The largest absolute Gasteiger partial charge is 0.352 e. The third-order valence-electron chi connectivity index (χ3n) is 3.51. The van der Waals surface area contributed by atoms with Crippen LogP contribution in [0.4, 0.5) is 5.69 Å². The molecule has 1 aromatic heterocycles. The average molecular weight is 395 g/mol. The van der Waals surface area contributed by atoms with Crippen LogP contribution in [-0.4, -0.2) is 48.9 Å². The fourth-order valence-corrected chi connectivity index (χ4v) is 2.51. The number of hydrogen-bond acceptors (Lipinski definition) is 4. The molecule has 0 atom stereocenters. The summed E-state index contributed by atoms with van der Waals surface area (Å²) in [6.45, 7) is 1.42. The monoisotopic (exact) mass is 394 g/mol. The molecule has 0 saturated heterocycles. The number of aromatic nitrogens is 1. The van der Waals surface area contributed by atoms with E-state index in [1.165, 1.54) is 18.5 Å². The van der Waals surface area contributed by atoms with E-state index in [1.807, 2.05) is 19.0 Å². The van der Waals surface area contributed by atoms with Crippen LogP contribution in [0.1, 0.15) is 27.1 Å². The number of halogens is 2. The van der Waals surface area contributed by atoms with E-state index < -0.39 is 5.91 Å². The number of hydrogen-bond donors (Lipinski definition) is 2. The van der Waals surface area contributed by atoms with Crippen molar-refractivity contribution in [2.45, 2.75) is 6.42 Å². The van der Waals surface area contributed by atoms with Gasteiger partial charge in [-0.3, -0.25) is 14.6 Å².